The van der Waals surface area contributed by atoms with Crippen LogP contribution in [0.15, 0.2) is 59.5 Å². The standard InChI is InChI=1S/C15H16ClNO3S/c16-14-6-8-15(9-7-14)21(19,20)17(10-11-18)12-13-4-2-1-3-5-13/h1-9,18H,10-12H2. The lowest BCUT2D eigenvalue weighted by Gasteiger charge is -2.21. The summed E-state index contributed by atoms with van der Waals surface area (Å²) in [5.74, 6) is 0. The van der Waals surface area contributed by atoms with Crippen molar-refractivity contribution in [3.8, 4) is 0 Å². The van der Waals surface area contributed by atoms with E-state index in [1.165, 1.54) is 28.6 Å². The molecule has 6 heteroatoms. The first-order chi connectivity index (χ1) is 10.0. The summed E-state index contributed by atoms with van der Waals surface area (Å²) in [6.07, 6.45) is 0. The zero-order valence-electron chi connectivity index (χ0n) is 11.3. The molecule has 0 fully saturated rings. The maximum atomic E-state index is 12.6. The van der Waals surface area contributed by atoms with E-state index in [0.717, 1.165) is 5.56 Å². The molecule has 0 aliphatic rings. The molecule has 21 heavy (non-hydrogen) atoms. The summed E-state index contributed by atoms with van der Waals surface area (Å²) < 4.78 is 26.5. The van der Waals surface area contributed by atoms with Gasteiger partial charge in [0.15, 0.2) is 0 Å². The van der Waals surface area contributed by atoms with Crippen molar-refractivity contribution < 1.29 is 13.5 Å². The van der Waals surface area contributed by atoms with Gasteiger partial charge < -0.3 is 5.11 Å². The molecule has 0 heterocycles. The molecule has 0 saturated carbocycles. The molecule has 0 bridgehead atoms. The van der Waals surface area contributed by atoms with Crippen LogP contribution in [0, 0.1) is 0 Å². The van der Waals surface area contributed by atoms with Gasteiger partial charge in [0.1, 0.15) is 0 Å². The first-order valence-electron chi connectivity index (χ1n) is 6.44. The summed E-state index contributed by atoms with van der Waals surface area (Å²) in [6, 6.07) is 15.3. The van der Waals surface area contributed by atoms with E-state index in [1.807, 2.05) is 30.3 Å². The number of nitrogens with zero attached hydrogens (tertiary/aromatic N) is 1. The lowest BCUT2D eigenvalue weighted by atomic mass is 10.2. The molecule has 112 valence electrons. The summed E-state index contributed by atoms with van der Waals surface area (Å²) in [4.78, 5) is 0.163. The van der Waals surface area contributed by atoms with Gasteiger partial charge in [0.25, 0.3) is 0 Å². The fraction of sp³-hybridized carbons (Fsp3) is 0.200. The van der Waals surface area contributed by atoms with Gasteiger partial charge in [-0.3, -0.25) is 0 Å². The molecule has 0 aromatic heterocycles. The highest BCUT2D eigenvalue weighted by atomic mass is 35.5. The van der Waals surface area contributed by atoms with Crippen LogP contribution in [0.2, 0.25) is 5.02 Å². The lowest BCUT2D eigenvalue weighted by Crippen LogP contribution is -2.33. The van der Waals surface area contributed by atoms with Crippen LogP contribution in [-0.2, 0) is 16.6 Å². The summed E-state index contributed by atoms with van der Waals surface area (Å²) >= 11 is 5.78. The molecule has 0 amide bonds. The number of hydrogen-bond donors (Lipinski definition) is 1. The summed E-state index contributed by atoms with van der Waals surface area (Å²) in [6.45, 7) is 0.0197. The predicted molar refractivity (Wildman–Crippen MR) is 82.6 cm³/mol. The van der Waals surface area contributed by atoms with E-state index in [2.05, 4.69) is 0 Å². The van der Waals surface area contributed by atoms with E-state index in [1.54, 1.807) is 0 Å². The molecule has 0 saturated heterocycles. The predicted octanol–water partition coefficient (Wildman–Crippen LogP) is 2.52. The van der Waals surface area contributed by atoms with Crippen LogP contribution in [0.1, 0.15) is 5.56 Å². The first kappa shape index (κ1) is 16.0. The second kappa shape index (κ2) is 7.04. The third-order valence-corrected chi connectivity index (χ3v) is 5.11. The molecule has 0 aliphatic carbocycles. The van der Waals surface area contributed by atoms with E-state index in [-0.39, 0.29) is 24.6 Å². The second-order valence-electron chi connectivity index (χ2n) is 4.50. The van der Waals surface area contributed by atoms with Gasteiger partial charge in [0.2, 0.25) is 10.0 Å². The lowest BCUT2D eigenvalue weighted by molar-refractivity contribution is 0.251. The number of aliphatic hydroxyl groups is 1. The minimum atomic E-state index is -3.66. The van der Waals surface area contributed by atoms with Gasteiger partial charge in [-0.1, -0.05) is 41.9 Å². The SMILES string of the molecule is O=S(=O)(c1ccc(Cl)cc1)N(CCO)Cc1ccccc1. The Morgan fingerprint density at radius 2 is 1.62 bits per heavy atom. The maximum absolute atomic E-state index is 12.6. The van der Waals surface area contributed by atoms with Crippen LogP contribution >= 0.6 is 11.6 Å². The van der Waals surface area contributed by atoms with Gasteiger partial charge in [-0.05, 0) is 29.8 Å². The zero-order valence-corrected chi connectivity index (χ0v) is 12.9. The quantitative estimate of drug-likeness (QED) is 0.888. The molecule has 2 aromatic rings. The number of sulfonamides is 1. The van der Waals surface area contributed by atoms with E-state index >= 15 is 0 Å². The van der Waals surface area contributed by atoms with Crippen molar-refractivity contribution >= 4 is 21.6 Å². The molecule has 0 spiro atoms. The Balaban J connectivity index is 2.30. The van der Waals surface area contributed by atoms with Crippen molar-refractivity contribution in [1.82, 2.24) is 4.31 Å². The van der Waals surface area contributed by atoms with E-state index in [0.29, 0.717) is 5.02 Å². The monoisotopic (exact) mass is 325 g/mol. The van der Waals surface area contributed by atoms with Gasteiger partial charge in [-0.15, -0.1) is 0 Å². The summed E-state index contributed by atoms with van der Waals surface area (Å²) in [5.41, 5.74) is 0.864. The van der Waals surface area contributed by atoms with Gasteiger partial charge >= 0.3 is 0 Å². The minimum absolute atomic E-state index is 0.0415. The topological polar surface area (TPSA) is 57.6 Å². The van der Waals surface area contributed by atoms with Crippen molar-refractivity contribution in [3.63, 3.8) is 0 Å². The van der Waals surface area contributed by atoms with Gasteiger partial charge in [-0.25, -0.2) is 8.42 Å². The number of benzene rings is 2. The Bertz CT molecular complexity index is 672. The minimum Gasteiger partial charge on any atom is -0.395 e. The third kappa shape index (κ3) is 4.04. The van der Waals surface area contributed by atoms with Crippen LogP contribution in [-0.4, -0.2) is 31.0 Å². The maximum Gasteiger partial charge on any atom is 0.243 e. The van der Waals surface area contributed by atoms with Crippen molar-refractivity contribution in [2.45, 2.75) is 11.4 Å². The largest absolute Gasteiger partial charge is 0.395 e. The number of aliphatic hydroxyl groups excluding tert-OH is 1. The van der Waals surface area contributed by atoms with E-state index < -0.39 is 10.0 Å². The zero-order chi connectivity index (χ0) is 15.3. The van der Waals surface area contributed by atoms with Crippen molar-refractivity contribution in [2.24, 2.45) is 0 Å². The number of hydrogen-bond acceptors (Lipinski definition) is 3. The molecular weight excluding hydrogens is 310 g/mol. The molecule has 0 unspecified atom stereocenters. The van der Waals surface area contributed by atoms with Crippen molar-refractivity contribution in [3.05, 3.63) is 65.2 Å². The summed E-state index contributed by atoms with van der Waals surface area (Å²) in [7, 11) is -3.66. The van der Waals surface area contributed by atoms with E-state index in [9.17, 15) is 8.42 Å². The van der Waals surface area contributed by atoms with Crippen LogP contribution in [0.25, 0.3) is 0 Å². The van der Waals surface area contributed by atoms with Gasteiger partial charge in [0, 0.05) is 18.1 Å². The van der Waals surface area contributed by atoms with Crippen LogP contribution in [0.3, 0.4) is 0 Å². The van der Waals surface area contributed by atoms with Crippen LogP contribution in [0.5, 0.6) is 0 Å². The molecule has 0 atom stereocenters. The molecular formula is C15H16ClNO3S. The number of halogens is 1. The van der Waals surface area contributed by atoms with Crippen LogP contribution < -0.4 is 0 Å². The van der Waals surface area contributed by atoms with Crippen molar-refractivity contribution in [2.75, 3.05) is 13.2 Å². The normalized spacial score (nSPS) is 11.8. The van der Waals surface area contributed by atoms with Crippen LogP contribution in [0.4, 0.5) is 0 Å². The molecule has 1 N–H and O–H groups in total. The second-order valence-corrected chi connectivity index (χ2v) is 6.88. The fourth-order valence-electron chi connectivity index (χ4n) is 1.94. The Morgan fingerprint density at radius 3 is 2.19 bits per heavy atom. The smallest absolute Gasteiger partial charge is 0.243 e. The molecule has 2 aromatic carbocycles. The molecule has 4 nitrogen and oxygen atoms in total. The van der Waals surface area contributed by atoms with Gasteiger partial charge in [0.05, 0.1) is 11.5 Å². The molecule has 0 radical (unpaired) electrons. The average molecular weight is 326 g/mol. The Morgan fingerprint density at radius 1 is 1.00 bits per heavy atom. The Kier molecular flexibility index (Phi) is 5.36. The van der Waals surface area contributed by atoms with E-state index in [4.69, 9.17) is 16.7 Å². The summed E-state index contributed by atoms with van der Waals surface area (Å²) in [5, 5.41) is 9.62. The Labute approximate surface area is 129 Å². The highest BCUT2D eigenvalue weighted by Crippen LogP contribution is 2.20. The average Bonchev–Trinajstić information content (AvgIpc) is 2.48. The number of rotatable bonds is 6. The Hall–Kier alpha value is -1.40. The van der Waals surface area contributed by atoms with Crippen molar-refractivity contribution in [1.29, 1.82) is 0 Å². The highest BCUT2D eigenvalue weighted by Gasteiger charge is 2.24. The fourth-order valence-corrected chi connectivity index (χ4v) is 3.48. The first-order valence-corrected chi connectivity index (χ1v) is 8.26. The molecule has 2 rings (SSSR count). The highest BCUT2D eigenvalue weighted by molar-refractivity contribution is 7.89. The van der Waals surface area contributed by atoms with Gasteiger partial charge in [-0.2, -0.15) is 4.31 Å². The third-order valence-electron chi connectivity index (χ3n) is 3.00. The molecule has 0 aliphatic heterocycles.